The molecule has 1 heterocycles. The number of carbonyl (C=O) groups is 1. The number of ether oxygens (including phenoxy) is 1. The van der Waals surface area contributed by atoms with Gasteiger partial charge in [0, 0.05) is 0 Å². The first-order valence-corrected chi connectivity index (χ1v) is 6.81. The standard InChI is InChI=1S/C15H16F3N3O2/c1-9-4-6-12(7-5-9)21-11(3)13(10(2)20-21)19-14(22)23-8-15(16,17)18/h4-7H,8H2,1-3H3,(H,19,22). The van der Waals surface area contributed by atoms with Crippen molar-refractivity contribution in [2.75, 3.05) is 11.9 Å². The van der Waals surface area contributed by atoms with Crippen molar-refractivity contribution in [1.82, 2.24) is 9.78 Å². The lowest BCUT2D eigenvalue weighted by atomic mass is 10.2. The number of aryl methyl sites for hydroxylation is 2. The van der Waals surface area contributed by atoms with Crippen LogP contribution < -0.4 is 5.32 Å². The van der Waals surface area contributed by atoms with E-state index in [2.05, 4.69) is 15.2 Å². The molecule has 124 valence electrons. The minimum Gasteiger partial charge on any atom is -0.440 e. The number of amides is 1. The zero-order chi connectivity index (χ0) is 17.2. The molecule has 0 aliphatic rings. The molecular formula is C15H16F3N3O2. The van der Waals surface area contributed by atoms with Crippen LogP contribution in [0.15, 0.2) is 24.3 Å². The quantitative estimate of drug-likeness (QED) is 0.930. The molecule has 0 radical (unpaired) electrons. The summed E-state index contributed by atoms with van der Waals surface area (Å²) in [7, 11) is 0. The van der Waals surface area contributed by atoms with Crippen molar-refractivity contribution in [3.8, 4) is 5.69 Å². The van der Waals surface area contributed by atoms with Gasteiger partial charge in [-0.15, -0.1) is 0 Å². The van der Waals surface area contributed by atoms with Crippen molar-refractivity contribution < 1.29 is 22.7 Å². The highest BCUT2D eigenvalue weighted by Crippen LogP contribution is 2.23. The van der Waals surface area contributed by atoms with Crippen LogP contribution in [0.2, 0.25) is 0 Å². The lowest BCUT2D eigenvalue weighted by Crippen LogP contribution is -2.23. The second-order valence-electron chi connectivity index (χ2n) is 5.11. The Morgan fingerprint density at radius 3 is 2.39 bits per heavy atom. The molecule has 2 aromatic rings. The Kier molecular flexibility index (Phi) is 4.63. The Balaban J connectivity index is 2.18. The first-order valence-electron chi connectivity index (χ1n) is 6.81. The molecule has 0 saturated heterocycles. The summed E-state index contributed by atoms with van der Waals surface area (Å²) in [4.78, 5) is 11.5. The third-order valence-electron chi connectivity index (χ3n) is 3.16. The zero-order valence-corrected chi connectivity index (χ0v) is 12.9. The zero-order valence-electron chi connectivity index (χ0n) is 12.9. The number of alkyl halides is 3. The number of anilines is 1. The van der Waals surface area contributed by atoms with Crippen molar-refractivity contribution in [3.63, 3.8) is 0 Å². The first kappa shape index (κ1) is 16.9. The Hall–Kier alpha value is -2.51. The van der Waals surface area contributed by atoms with E-state index in [0.717, 1.165) is 11.3 Å². The van der Waals surface area contributed by atoms with Crippen molar-refractivity contribution in [3.05, 3.63) is 41.2 Å². The Labute approximate surface area is 131 Å². The van der Waals surface area contributed by atoms with Crippen LogP contribution in [-0.2, 0) is 4.74 Å². The maximum atomic E-state index is 12.0. The van der Waals surface area contributed by atoms with E-state index in [9.17, 15) is 18.0 Å². The number of halogens is 3. The monoisotopic (exact) mass is 327 g/mol. The third kappa shape index (κ3) is 4.24. The summed E-state index contributed by atoms with van der Waals surface area (Å²) in [6, 6.07) is 7.55. The molecule has 0 saturated carbocycles. The number of rotatable bonds is 3. The van der Waals surface area contributed by atoms with Crippen LogP contribution in [0, 0.1) is 20.8 Å². The average molecular weight is 327 g/mol. The van der Waals surface area contributed by atoms with Gasteiger partial charge in [-0.05, 0) is 32.9 Å². The topological polar surface area (TPSA) is 56.2 Å². The normalized spacial score (nSPS) is 11.4. The molecule has 0 aliphatic heterocycles. The number of nitrogens with zero attached hydrogens (tertiary/aromatic N) is 2. The van der Waals surface area contributed by atoms with Gasteiger partial charge in [0.1, 0.15) is 0 Å². The summed E-state index contributed by atoms with van der Waals surface area (Å²) in [6.07, 6.45) is -5.73. The van der Waals surface area contributed by atoms with Crippen LogP contribution in [0.5, 0.6) is 0 Å². The smallest absolute Gasteiger partial charge is 0.422 e. The summed E-state index contributed by atoms with van der Waals surface area (Å²) in [5, 5.41) is 6.60. The Morgan fingerprint density at radius 2 is 1.83 bits per heavy atom. The van der Waals surface area contributed by atoms with Crippen LogP contribution in [0.1, 0.15) is 17.0 Å². The van der Waals surface area contributed by atoms with Crippen LogP contribution in [0.25, 0.3) is 5.69 Å². The molecular weight excluding hydrogens is 311 g/mol. The molecule has 0 unspecified atom stereocenters. The first-order chi connectivity index (χ1) is 10.7. The average Bonchev–Trinajstić information content (AvgIpc) is 2.73. The van der Waals surface area contributed by atoms with Crippen molar-refractivity contribution in [1.29, 1.82) is 0 Å². The van der Waals surface area contributed by atoms with E-state index in [1.165, 1.54) is 0 Å². The largest absolute Gasteiger partial charge is 0.440 e. The number of nitrogens with one attached hydrogen (secondary N) is 1. The number of aromatic nitrogens is 2. The van der Waals surface area contributed by atoms with E-state index in [0.29, 0.717) is 17.1 Å². The fraction of sp³-hybridized carbons (Fsp3) is 0.333. The summed E-state index contributed by atoms with van der Waals surface area (Å²) < 4.78 is 41.9. The van der Waals surface area contributed by atoms with E-state index in [1.54, 1.807) is 18.5 Å². The number of hydrogen-bond donors (Lipinski definition) is 1. The molecule has 0 spiro atoms. The molecule has 1 aromatic carbocycles. The molecule has 0 aliphatic carbocycles. The highest BCUT2D eigenvalue weighted by molar-refractivity contribution is 5.86. The predicted octanol–water partition coefficient (Wildman–Crippen LogP) is 3.91. The molecule has 1 aromatic heterocycles. The fourth-order valence-corrected chi connectivity index (χ4v) is 2.05. The number of benzene rings is 1. The Bertz CT molecular complexity index is 706. The summed E-state index contributed by atoms with van der Waals surface area (Å²) in [5.41, 5.74) is 3.28. The molecule has 0 atom stereocenters. The lowest BCUT2D eigenvalue weighted by molar-refractivity contribution is -0.159. The van der Waals surface area contributed by atoms with Crippen molar-refractivity contribution in [2.45, 2.75) is 26.9 Å². The predicted molar refractivity (Wildman–Crippen MR) is 78.8 cm³/mol. The second kappa shape index (κ2) is 6.31. The van der Waals surface area contributed by atoms with Gasteiger partial charge in [-0.1, -0.05) is 17.7 Å². The SMILES string of the molecule is Cc1ccc(-n2nc(C)c(NC(=O)OCC(F)(F)F)c2C)cc1. The molecule has 23 heavy (non-hydrogen) atoms. The van der Waals surface area contributed by atoms with Gasteiger partial charge < -0.3 is 4.74 Å². The summed E-state index contributed by atoms with van der Waals surface area (Å²) in [5.74, 6) is 0. The molecule has 8 heteroatoms. The maximum Gasteiger partial charge on any atom is 0.422 e. The van der Waals surface area contributed by atoms with Gasteiger partial charge in [-0.3, -0.25) is 5.32 Å². The van der Waals surface area contributed by atoms with E-state index in [1.807, 2.05) is 31.2 Å². The summed E-state index contributed by atoms with van der Waals surface area (Å²) in [6.45, 7) is 3.67. The molecule has 2 rings (SSSR count). The second-order valence-corrected chi connectivity index (χ2v) is 5.11. The molecule has 1 N–H and O–H groups in total. The van der Waals surface area contributed by atoms with E-state index in [4.69, 9.17) is 0 Å². The van der Waals surface area contributed by atoms with Crippen LogP contribution in [-0.4, -0.2) is 28.7 Å². The van der Waals surface area contributed by atoms with Gasteiger partial charge >= 0.3 is 12.3 Å². The van der Waals surface area contributed by atoms with Gasteiger partial charge in [0.15, 0.2) is 6.61 Å². The number of carbonyl (C=O) groups excluding carboxylic acids is 1. The van der Waals surface area contributed by atoms with Gasteiger partial charge in [0.25, 0.3) is 0 Å². The minimum atomic E-state index is -4.56. The molecule has 0 bridgehead atoms. The van der Waals surface area contributed by atoms with Gasteiger partial charge in [0.2, 0.25) is 0 Å². The van der Waals surface area contributed by atoms with Crippen molar-refractivity contribution in [2.24, 2.45) is 0 Å². The fourth-order valence-electron chi connectivity index (χ4n) is 2.05. The van der Waals surface area contributed by atoms with E-state index in [-0.39, 0.29) is 0 Å². The third-order valence-corrected chi connectivity index (χ3v) is 3.16. The Morgan fingerprint density at radius 1 is 1.22 bits per heavy atom. The minimum absolute atomic E-state index is 0.331. The molecule has 1 amide bonds. The van der Waals surface area contributed by atoms with E-state index >= 15 is 0 Å². The van der Waals surface area contributed by atoms with Gasteiger partial charge in [-0.2, -0.15) is 18.3 Å². The molecule has 5 nitrogen and oxygen atoms in total. The van der Waals surface area contributed by atoms with Crippen LogP contribution in [0.3, 0.4) is 0 Å². The van der Waals surface area contributed by atoms with Crippen molar-refractivity contribution >= 4 is 11.8 Å². The van der Waals surface area contributed by atoms with Gasteiger partial charge in [0.05, 0.1) is 22.8 Å². The number of hydrogen-bond acceptors (Lipinski definition) is 3. The highest BCUT2D eigenvalue weighted by atomic mass is 19.4. The van der Waals surface area contributed by atoms with Crippen LogP contribution >= 0.6 is 0 Å². The molecule has 0 fully saturated rings. The lowest BCUT2D eigenvalue weighted by Gasteiger charge is -2.09. The van der Waals surface area contributed by atoms with Crippen LogP contribution in [0.4, 0.5) is 23.7 Å². The summed E-state index contributed by atoms with van der Waals surface area (Å²) >= 11 is 0. The maximum absolute atomic E-state index is 12.0. The van der Waals surface area contributed by atoms with Gasteiger partial charge in [-0.25, -0.2) is 9.48 Å². The highest BCUT2D eigenvalue weighted by Gasteiger charge is 2.30. The van der Waals surface area contributed by atoms with E-state index < -0.39 is 18.9 Å².